The molecule has 32 heavy (non-hydrogen) atoms. The van der Waals surface area contributed by atoms with Crippen LogP contribution in [0.25, 0.3) is 0 Å². The van der Waals surface area contributed by atoms with Crippen molar-refractivity contribution in [3.63, 3.8) is 0 Å². The van der Waals surface area contributed by atoms with Gasteiger partial charge in [-0.2, -0.15) is 0 Å². The molecular formula is C26H33NO5. The molecule has 0 radical (unpaired) electrons. The highest BCUT2D eigenvalue weighted by Gasteiger charge is 2.34. The number of Topliss-reactive ketones (excluding diaryl/α,β-unsaturated/α-hetero) is 1. The van der Waals surface area contributed by atoms with E-state index in [4.69, 9.17) is 14.2 Å². The van der Waals surface area contributed by atoms with E-state index in [2.05, 4.69) is 4.98 Å². The molecule has 1 heterocycles. The van der Waals surface area contributed by atoms with Crippen LogP contribution in [0.5, 0.6) is 11.5 Å². The van der Waals surface area contributed by atoms with Crippen molar-refractivity contribution in [2.24, 2.45) is 0 Å². The number of hydrogen-bond acceptors (Lipinski definition) is 5. The van der Waals surface area contributed by atoms with Crippen molar-refractivity contribution in [3.8, 4) is 11.5 Å². The zero-order valence-corrected chi connectivity index (χ0v) is 19.3. The summed E-state index contributed by atoms with van der Waals surface area (Å²) >= 11 is 0. The molecule has 1 aromatic carbocycles. The molecule has 1 N–H and O–H groups in total. The van der Waals surface area contributed by atoms with E-state index in [0.717, 1.165) is 48.4 Å². The van der Waals surface area contributed by atoms with Gasteiger partial charge in [0.25, 0.3) is 0 Å². The number of aromatic amines is 1. The molecule has 0 amide bonds. The molecule has 1 fully saturated rings. The number of H-pyrrole nitrogens is 1. The van der Waals surface area contributed by atoms with Gasteiger partial charge in [0.05, 0.1) is 14.2 Å². The minimum Gasteiger partial charge on any atom is -0.497 e. The van der Waals surface area contributed by atoms with E-state index in [-0.39, 0.29) is 23.8 Å². The minimum absolute atomic E-state index is 0.0352. The lowest BCUT2D eigenvalue weighted by Gasteiger charge is -2.24. The van der Waals surface area contributed by atoms with Crippen molar-refractivity contribution in [1.82, 2.24) is 4.98 Å². The molecular weight excluding hydrogens is 406 g/mol. The van der Waals surface area contributed by atoms with Crippen LogP contribution in [0.4, 0.5) is 0 Å². The van der Waals surface area contributed by atoms with Crippen LogP contribution in [0, 0.1) is 6.92 Å². The Kier molecular flexibility index (Phi) is 6.87. The standard InChI is InChI=1S/C26H33NO5/c1-16-24-21(27-25(16)26(29)32-18-9-7-5-4-6-8-10-18)13-17(14-22(24)28)20-15-19(30-2)11-12-23(20)31-3/h11-12,15,17-18,27H,4-10,13-14H2,1-3H3/t17-/m1/s1. The zero-order valence-electron chi connectivity index (χ0n) is 19.3. The van der Waals surface area contributed by atoms with Crippen molar-refractivity contribution in [2.75, 3.05) is 14.2 Å². The maximum absolute atomic E-state index is 13.1. The predicted octanol–water partition coefficient (Wildman–Crippen LogP) is 5.52. The van der Waals surface area contributed by atoms with E-state index in [9.17, 15) is 9.59 Å². The van der Waals surface area contributed by atoms with Crippen LogP contribution in [-0.4, -0.2) is 37.1 Å². The lowest BCUT2D eigenvalue weighted by Crippen LogP contribution is -2.20. The molecule has 2 aliphatic carbocycles. The van der Waals surface area contributed by atoms with E-state index in [0.29, 0.717) is 29.7 Å². The first-order valence-corrected chi connectivity index (χ1v) is 11.7. The van der Waals surface area contributed by atoms with Crippen LogP contribution in [-0.2, 0) is 11.2 Å². The fourth-order valence-electron chi connectivity index (χ4n) is 5.16. The number of nitrogens with one attached hydrogen (secondary N) is 1. The van der Waals surface area contributed by atoms with E-state index in [1.54, 1.807) is 14.2 Å². The molecule has 0 spiro atoms. The average Bonchev–Trinajstić information content (AvgIpc) is 3.12. The van der Waals surface area contributed by atoms with Gasteiger partial charge in [-0.15, -0.1) is 0 Å². The number of benzene rings is 1. The highest BCUT2D eigenvalue weighted by atomic mass is 16.5. The summed E-state index contributed by atoms with van der Waals surface area (Å²) < 4.78 is 16.8. The summed E-state index contributed by atoms with van der Waals surface area (Å²) in [6.45, 7) is 1.84. The maximum Gasteiger partial charge on any atom is 0.355 e. The Hall–Kier alpha value is -2.76. The summed E-state index contributed by atoms with van der Waals surface area (Å²) in [5.41, 5.74) is 3.52. The smallest absolute Gasteiger partial charge is 0.355 e. The third kappa shape index (κ3) is 4.54. The average molecular weight is 440 g/mol. The van der Waals surface area contributed by atoms with Crippen LogP contribution in [0.2, 0.25) is 0 Å². The number of ketones is 1. The van der Waals surface area contributed by atoms with Crippen LogP contribution in [0.3, 0.4) is 0 Å². The lowest BCUT2D eigenvalue weighted by molar-refractivity contribution is 0.0232. The number of esters is 1. The summed E-state index contributed by atoms with van der Waals surface area (Å²) in [4.78, 5) is 29.3. The first kappa shape index (κ1) is 22.4. The lowest BCUT2D eigenvalue weighted by atomic mass is 9.81. The Morgan fingerprint density at radius 1 is 1.00 bits per heavy atom. The highest BCUT2D eigenvalue weighted by Crippen LogP contribution is 2.40. The van der Waals surface area contributed by atoms with Gasteiger partial charge in [-0.1, -0.05) is 19.3 Å². The number of aromatic nitrogens is 1. The van der Waals surface area contributed by atoms with Crippen molar-refractivity contribution < 1.29 is 23.8 Å². The van der Waals surface area contributed by atoms with Crippen molar-refractivity contribution in [1.29, 1.82) is 0 Å². The van der Waals surface area contributed by atoms with Crippen molar-refractivity contribution in [2.45, 2.75) is 76.7 Å². The minimum atomic E-state index is -0.342. The quantitative estimate of drug-likeness (QED) is 0.621. The molecule has 0 unspecified atom stereocenters. The van der Waals surface area contributed by atoms with Gasteiger partial charge in [0.2, 0.25) is 0 Å². The van der Waals surface area contributed by atoms with Gasteiger partial charge < -0.3 is 19.2 Å². The zero-order chi connectivity index (χ0) is 22.7. The Morgan fingerprint density at radius 3 is 2.41 bits per heavy atom. The van der Waals surface area contributed by atoms with Gasteiger partial charge in [0.1, 0.15) is 23.3 Å². The fraction of sp³-hybridized carbons (Fsp3) is 0.538. The molecule has 0 bridgehead atoms. The molecule has 2 aromatic rings. The number of carbonyl (C=O) groups excluding carboxylic acids is 2. The Labute approximate surface area is 189 Å². The molecule has 1 aromatic heterocycles. The Morgan fingerprint density at radius 2 is 1.72 bits per heavy atom. The van der Waals surface area contributed by atoms with Gasteiger partial charge in [0.15, 0.2) is 5.78 Å². The number of rotatable bonds is 5. The second-order valence-electron chi connectivity index (χ2n) is 8.99. The second-order valence-corrected chi connectivity index (χ2v) is 8.99. The van der Waals surface area contributed by atoms with E-state index >= 15 is 0 Å². The normalized spacial score (nSPS) is 19.6. The third-order valence-corrected chi connectivity index (χ3v) is 6.90. The fourth-order valence-corrected chi connectivity index (χ4v) is 5.16. The molecule has 0 aliphatic heterocycles. The molecule has 6 nitrogen and oxygen atoms in total. The molecule has 172 valence electrons. The van der Waals surface area contributed by atoms with Gasteiger partial charge in [-0.3, -0.25) is 4.79 Å². The summed E-state index contributed by atoms with van der Waals surface area (Å²) in [7, 11) is 3.25. The monoisotopic (exact) mass is 439 g/mol. The molecule has 0 saturated heterocycles. The third-order valence-electron chi connectivity index (χ3n) is 6.90. The number of fused-ring (bicyclic) bond motifs is 1. The topological polar surface area (TPSA) is 77.6 Å². The van der Waals surface area contributed by atoms with Crippen LogP contribution in [0.15, 0.2) is 18.2 Å². The second kappa shape index (κ2) is 9.80. The first-order chi connectivity index (χ1) is 15.5. The van der Waals surface area contributed by atoms with E-state index in [1.807, 2.05) is 25.1 Å². The molecule has 2 aliphatic rings. The van der Waals surface area contributed by atoms with Gasteiger partial charge >= 0.3 is 5.97 Å². The van der Waals surface area contributed by atoms with Gasteiger partial charge in [0, 0.05) is 29.2 Å². The SMILES string of the molecule is COc1ccc(OC)c([C@H]2CC(=O)c3c([nH]c(C(=O)OC4CCCCCCC4)c3C)C2)c1. The summed E-state index contributed by atoms with van der Waals surface area (Å²) in [6.07, 6.45) is 8.66. The molecule has 4 rings (SSSR count). The van der Waals surface area contributed by atoms with Gasteiger partial charge in [-0.05, 0) is 62.8 Å². The van der Waals surface area contributed by atoms with E-state index < -0.39 is 0 Å². The van der Waals surface area contributed by atoms with Crippen molar-refractivity contribution in [3.05, 3.63) is 46.3 Å². The molecule has 1 atom stereocenters. The number of ether oxygens (including phenoxy) is 3. The van der Waals surface area contributed by atoms with E-state index in [1.165, 1.54) is 19.3 Å². The van der Waals surface area contributed by atoms with Crippen molar-refractivity contribution >= 4 is 11.8 Å². The van der Waals surface area contributed by atoms with Crippen LogP contribution < -0.4 is 9.47 Å². The Balaban J connectivity index is 1.57. The summed E-state index contributed by atoms with van der Waals surface area (Å²) in [5.74, 6) is 1.11. The summed E-state index contributed by atoms with van der Waals surface area (Å²) in [5, 5.41) is 0. The Bertz CT molecular complexity index is 984. The first-order valence-electron chi connectivity index (χ1n) is 11.7. The van der Waals surface area contributed by atoms with Crippen LogP contribution in [0.1, 0.15) is 95.0 Å². The number of hydrogen-bond donors (Lipinski definition) is 1. The summed E-state index contributed by atoms with van der Waals surface area (Å²) in [6, 6.07) is 5.65. The molecule has 1 saturated carbocycles. The predicted molar refractivity (Wildman–Crippen MR) is 122 cm³/mol. The van der Waals surface area contributed by atoms with Crippen LogP contribution >= 0.6 is 0 Å². The van der Waals surface area contributed by atoms with Gasteiger partial charge in [-0.25, -0.2) is 4.79 Å². The largest absolute Gasteiger partial charge is 0.497 e. The number of methoxy groups -OCH3 is 2. The molecule has 6 heteroatoms. The highest BCUT2D eigenvalue weighted by molar-refractivity contribution is 6.03. The number of carbonyl (C=O) groups is 2. The maximum atomic E-state index is 13.1.